The molecule has 0 bridgehead atoms. The number of carbonyl (C=O) groups is 2. The zero-order valence-corrected chi connectivity index (χ0v) is 10.8. The fraction of sp³-hybridized carbons (Fsp3) is 0.455. The predicted molar refractivity (Wildman–Crippen MR) is 64.4 cm³/mol. The summed E-state index contributed by atoms with van der Waals surface area (Å²) in [5.74, 6) is -1.52. The van der Waals surface area contributed by atoms with Crippen LogP contribution < -0.4 is 5.32 Å². The number of hydrogen-bond acceptors (Lipinski definition) is 4. The minimum absolute atomic E-state index is 0.0849. The van der Waals surface area contributed by atoms with Crippen molar-refractivity contribution in [2.45, 2.75) is 19.4 Å². The third-order valence-electron chi connectivity index (χ3n) is 2.26. The molecule has 1 atom stereocenters. The van der Waals surface area contributed by atoms with Crippen LogP contribution in [0, 0.1) is 6.92 Å². The summed E-state index contributed by atoms with van der Waals surface area (Å²) in [5, 5.41) is 11.5. The van der Waals surface area contributed by atoms with Gasteiger partial charge in [0.2, 0.25) is 0 Å². The van der Waals surface area contributed by atoms with Gasteiger partial charge in [-0.25, -0.2) is 4.79 Å². The van der Waals surface area contributed by atoms with E-state index in [0.717, 1.165) is 4.88 Å². The van der Waals surface area contributed by atoms with Gasteiger partial charge in [0.05, 0.1) is 11.5 Å². The average molecular weight is 257 g/mol. The second-order valence-electron chi connectivity index (χ2n) is 3.93. The summed E-state index contributed by atoms with van der Waals surface area (Å²) < 4.78 is 4.82. The normalized spacial score (nSPS) is 14.1. The summed E-state index contributed by atoms with van der Waals surface area (Å²) in [6.45, 7) is 3.21. The van der Waals surface area contributed by atoms with Crippen LogP contribution in [0.1, 0.15) is 21.5 Å². The van der Waals surface area contributed by atoms with E-state index < -0.39 is 17.4 Å². The molecule has 0 aliphatic heterocycles. The highest BCUT2D eigenvalue weighted by Crippen LogP contribution is 2.16. The first kappa shape index (κ1) is 13.7. The number of ether oxygens (including phenoxy) is 1. The quantitative estimate of drug-likeness (QED) is 0.833. The number of aliphatic carboxylic acids is 1. The number of aryl methyl sites for hydroxylation is 1. The molecule has 0 aliphatic rings. The molecule has 0 fully saturated rings. The van der Waals surface area contributed by atoms with Gasteiger partial charge in [-0.1, -0.05) is 0 Å². The molecule has 2 N–H and O–H groups in total. The summed E-state index contributed by atoms with van der Waals surface area (Å²) in [6, 6.07) is 3.48. The summed E-state index contributed by atoms with van der Waals surface area (Å²) in [5.41, 5.74) is -1.41. The number of carboxylic acids is 1. The number of hydrogen-bond donors (Lipinski definition) is 2. The maximum atomic E-state index is 11.8. The van der Waals surface area contributed by atoms with E-state index in [1.807, 2.05) is 13.0 Å². The Morgan fingerprint density at radius 3 is 2.59 bits per heavy atom. The number of nitrogens with one attached hydrogen (secondary N) is 1. The lowest BCUT2D eigenvalue weighted by Gasteiger charge is -2.24. The molecule has 1 aromatic heterocycles. The molecular weight excluding hydrogens is 242 g/mol. The van der Waals surface area contributed by atoms with E-state index in [4.69, 9.17) is 9.84 Å². The second-order valence-corrected chi connectivity index (χ2v) is 5.22. The lowest BCUT2D eigenvalue weighted by Crippen LogP contribution is -2.55. The van der Waals surface area contributed by atoms with Crippen molar-refractivity contribution in [2.24, 2.45) is 0 Å². The van der Waals surface area contributed by atoms with Crippen molar-refractivity contribution in [1.29, 1.82) is 0 Å². The monoisotopic (exact) mass is 257 g/mol. The highest BCUT2D eigenvalue weighted by atomic mass is 32.1. The van der Waals surface area contributed by atoms with Crippen molar-refractivity contribution in [3.8, 4) is 0 Å². The first-order valence-corrected chi connectivity index (χ1v) is 5.82. The lowest BCUT2D eigenvalue weighted by molar-refractivity contribution is -0.145. The standard InChI is InChI=1S/C11H15NO4S/c1-7-4-5-8(17-7)9(13)12-11(2,6-16-3)10(14)15/h4-5H,6H2,1-3H3,(H,12,13)(H,14,15). The second kappa shape index (κ2) is 5.29. The van der Waals surface area contributed by atoms with Crippen LogP contribution in [0.2, 0.25) is 0 Å². The highest BCUT2D eigenvalue weighted by Gasteiger charge is 2.35. The van der Waals surface area contributed by atoms with Crippen molar-refractivity contribution in [1.82, 2.24) is 5.32 Å². The van der Waals surface area contributed by atoms with Crippen molar-refractivity contribution in [3.63, 3.8) is 0 Å². The van der Waals surface area contributed by atoms with Gasteiger partial charge in [0, 0.05) is 12.0 Å². The molecule has 1 unspecified atom stereocenters. The molecule has 1 amide bonds. The van der Waals surface area contributed by atoms with Gasteiger partial charge < -0.3 is 15.2 Å². The Morgan fingerprint density at radius 1 is 1.53 bits per heavy atom. The van der Waals surface area contributed by atoms with Crippen molar-refractivity contribution < 1.29 is 19.4 Å². The van der Waals surface area contributed by atoms with Crippen LogP contribution in [0.5, 0.6) is 0 Å². The molecule has 0 saturated heterocycles. The summed E-state index contributed by atoms with van der Waals surface area (Å²) in [7, 11) is 1.39. The van der Waals surface area contributed by atoms with E-state index in [9.17, 15) is 9.59 Å². The molecule has 5 nitrogen and oxygen atoms in total. The molecule has 94 valence electrons. The lowest BCUT2D eigenvalue weighted by atomic mass is 10.0. The van der Waals surface area contributed by atoms with Crippen LogP contribution in [0.3, 0.4) is 0 Å². The summed E-state index contributed by atoms with van der Waals surface area (Å²) in [6.07, 6.45) is 0. The van der Waals surface area contributed by atoms with Crippen LogP contribution >= 0.6 is 11.3 Å². The third kappa shape index (κ3) is 3.28. The van der Waals surface area contributed by atoms with Gasteiger partial charge in [0.25, 0.3) is 5.91 Å². The molecule has 6 heteroatoms. The number of carbonyl (C=O) groups excluding carboxylic acids is 1. The van der Waals surface area contributed by atoms with Crippen LogP contribution in [-0.2, 0) is 9.53 Å². The van der Waals surface area contributed by atoms with Crippen molar-refractivity contribution in [3.05, 3.63) is 21.9 Å². The van der Waals surface area contributed by atoms with Gasteiger partial charge in [0.1, 0.15) is 0 Å². The van der Waals surface area contributed by atoms with E-state index in [2.05, 4.69) is 5.32 Å². The summed E-state index contributed by atoms with van der Waals surface area (Å²) >= 11 is 1.32. The van der Waals surface area contributed by atoms with Gasteiger partial charge in [-0.3, -0.25) is 4.79 Å². The molecule has 0 saturated carbocycles. The Bertz CT molecular complexity index is 429. The summed E-state index contributed by atoms with van der Waals surface area (Å²) in [4.78, 5) is 24.4. The maximum Gasteiger partial charge on any atom is 0.331 e. The largest absolute Gasteiger partial charge is 0.479 e. The Labute approximate surface area is 103 Å². The van der Waals surface area contributed by atoms with E-state index >= 15 is 0 Å². The number of amides is 1. The zero-order valence-electron chi connectivity index (χ0n) is 9.94. The first-order valence-electron chi connectivity index (χ1n) is 5.00. The Balaban J connectivity index is 2.81. The van der Waals surface area contributed by atoms with Gasteiger partial charge in [0.15, 0.2) is 5.54 Å². The van der Waals surface area contributed by atoms with Gasteiger partial charge in [-0.2, -0.15) is 0 Å². The number of carboxylic acid groups (broad SMARTS) is 1. The van der Waals surface area contributed by atoms with Crippen LogP contribution in [0.25, 0.3) is 0 Å². The van der Waals surface area contributed by atoms with Crippen LogP contribution in [0.15, 0.2) is 12.1 Å². The van der Waals surface area contributed by atoms with E-state index in [-0.39, 0.29) is 6.61 Å². The molecule has 0 spiro atoms. The Kier molecular flexibility index (Phi) is 4.25. The van der Waals surface area contributed by atoms with Crippen molar-refractivity contribution >= 4 is 23.2 Å². The molecule has 1 aromatic rings. The molecule has 0 radical (unpaired) electrons. The molecule has 1 rings (SSSR count). The number of rotatable bonds is 5. The maximum absolute atomic E-state index is 11.8. The van der Waals surface area contributed by atoms with E-state index in [1.165, 1.54) is 25.4 Å². The van der Waals surface area contributed by atoms with Gasteiger partial charge in [-0.05, 0) is 26.0 Å². The van der Waals surface area contributed by atoms with Crippen LogP contribution in [0.4, 0.5) is 0 Å². The fourth-order valence-corrected chi connectivity index (χ4v) is 2.07. The predicted octanol–water partition coefficient (Wildman–Crippen LogP) is 1.28. The Hall–Kier alpha value is -1.40. The average Bonchev–Trinajstić information content (AvgIpc) is 2.65. The molecule has 0 aromatic carbocycles. The van der Waals surface area contributed by atoms with Crippen molar-refractivity contribution in [2.75, 3.05) is 13.7 Å². The fourth-order valence-electron chi connectivity index (χ4n) is 1.31. The van der Waals surface area contributed by atoms with Gasteiger partial charge >= 0.3 is 5.97 Å². The number of methoxy groups -OCH3 is 1. The minimum atomic E-state index is -1.41. The highest BCUT2D eigenvalue weighted by molar-refractivity contribution is 7.13. The molecule has 1 heterocycles. The third-order valence-corrected chi connectivity index (χ3v) is 3.26. The molecule has 17 heavy (non-hydrogen) atoms. The van der Waals surface area contributed by atoms with Gasteiger partial charge in [-0.15, -0.1) is 11.3 Å². The Morgan fingerprint density at radius 2 is 2.18 bits per heavy atom. The molecular formula is C11H15NO4S. The zero-order chi connectivity index (χ0) is 13.1. The number of thiophene rings is 1. The smallest absolute Gasteiger partial charge is 0.331 e. The topological polar surface area (TPSA) is 75.6 Å². The first-order chi connectivity index (χ1) is 7.89. The van der Waals surface area contributed by atoms with E-state index in [0.29, 0.717) is 4.88 Å². The van der Waals surface area contributed by atoms with E-state index in [1.54, 1.807) is 6.07 Å². The minimum Gasteiger partial charge on any atom is -0.479 e. The van der Waals surface area contributed by atoms with Crippen LogP contribution in [-0.4, -0.2) is 36.2 Å². The SMILES string of the molecule is COCC(C)(NC(=O)c1ccc(C)s1)C(=O)O. The molecule has 0 aliphatic carbocycles.